The van der Waals surface area contributed by atoms with Gasteiger partial charge >= 0.3 is 38.6 Å². The molecule has 0 amide bonds. The molecule has 4 rings (SSSR count). The SMILES string of the molecule is O=[N+]([O-])[O-].[O-]c1ccccc1CN(CCN(Cc1ccccn1)Cc1ccccc1[O-])Cc1ccccn1.[Tb+3]. The third-order valence-corrected chi connectivity index (χ3v) is 5.69. The van der Waals surface area contributed by atoms with Crippen LogP contribution in [-0.4, -0.2) is 37.9 Å². The van der Waals surface area contributed by atoms with Crippen molar-refractivity contribution >= 4 is 0 Å². The summed E-state index contributed by atoms with van der Waals surface area (Å²) in [5.41, 5.74) is 3.43. The summed E-state index contributed by atoms with van der Waals surface area (Å²) in [5, 5.41) is 39.5. The summed E-state index contributed by atoms with van der Waals surface area (Å²) in [5.74, 6) is 0.0817. The van der Waals surface area contributed by atoms with E-state index in [2.05, 4.69) is 19.8 Å². The van der Waals surface area contributed by atoms with Crippen molar-refractivity contribution < 1.29 is 53.9 Å². The van der Waals surface area contributed by atoms with Crippen LogP contribution in [0.3, 0.4) is 0 Å². The van der Waals surface area contributed by atoms with E-state index < -0.39 is 5.09 Å². The van der Waals surface area contributed by atoms with E-state index in [1.54, 1.807) is 36.7 Å². The average molecular weight is 673 g/mol. The molecular weight excluding hydrogens is 645 g/mol. The van der Waals surface area contributed by atoms with Gasteiger partial charge in [-0.15, -0.1) is 11.5 Å². The summed E-state index contributed by atoms with van der Waals surface area (Å²) in [6.07, 6.45) is 3.57. The van der Waals surface area contributed by atoms with Gasteiger partial charge in [-0.1, -0.05) is 60.7 Å². The van der Waals surface area contributed by atoms with Gasteiger partial charge in [0.1, 0.15) is 0 Å². The van der Waals surface area contributed by atoms with E-state index in [1.165, 1.54) is 0 Å². The molecule has 11 heteroatoms. The van der Waals surface area contributed by atoms with Crippen molar-refractivity contribution in [3.63, 3.8) is 0 Å². The summed E-state index contributed by atoms with van der Waals surface area (Å²) >= 11 is 0. The van der Waals surface area contributed by atoms with Crippen LogP contribution in [0.2, 0.25) is 0 Å². The van der Waals surface area contributed by atoms with E-state index in [9.17, 15) is 10.2 Å². The Morgan fingerprint density at radius 3 is 1.28 bits per heavy atom. The quantitative estimate of drug-likeness (QED) is 0.173. The molecule has 2 aromatic carbocycles. The van der Waals surface area contributed by atoms with Gasteiger partial charge in [0.2, 0.25) is 0 Å². The van der Waals surface area contributed by atoms with Crippen molar-refractivity contribution in [2.24, 2.45) is 0 Å². The molecule has 39 heavy (non-hydrogen) atoms. The fourth-order valence-electron chi connectivity index (χ4n) is 3.90. The first-order valence-corrected chi connectivity index (χ1v) is 12.0. The van der Waals surface area contributed by atoms with Crippen LogP contribution in [0, 0.1) is 53.9 Å². The minimum atomic E-state index is -1.75. The van der Waals surface area contributed by atoms with E-state index in [0.717, 1.165) is 22.5 Å². The Balaban J connectivity index is 0.000000998. The number of hydrogen-bond donors (Lipinski definition) is 0. The van der Waals surface area contributed by atoms with Crippen LogP contribution < -0.4 is 10.2 Å². The van der Waals surface area contributed by atoms with Gasteiger partial charge in [0.05, 0.1) is 16.5 Å². The smallest absolute Gasteiger partial charge is 0.872 e. The molecule has 4 aromatic rings. The molecule has 0 N–H and O–H groups in total. The first-order chi connectivity index (χ1) is 18.4. The summed E-state index contributed by atoms with van der Waals surface area (Å²) in [6, 6.07) is 26.0. The van der Waals surface area contributed by atoms with Gasteiger partial charge in [0.15, 0.2) is 0 Å². The second kappa shape index (κ2) is 17.4. The Morgan fingerprint density at radius 2 is 0.949 bits per heavy atom. The number of benzene rings is 2. The normalized spacial score (nSPS) is 10.4. The zero-order valence-corrected chi connectivity index (χ0v) is 23.2. The number of nitrogens with zero attached hydrogens (tertiary/aromatic N) is 5. The molecule has 0 bridgehead atoms. The molecule has 0 spiro atoms. The van der Waals surface area contributed by atoms with Crippen molar-refractivity contribution in [2.45, 2.75) is 26.2 Å². The fourth-order valence-corrected chi connectivity index (χ4v) is 3.90. The van der Waals surface area contributed by atoms with E-state index in [1.807, 2.05) is 60.7 Å². The molecule has 0 atom stereocenters. The minimum Gasteiger partial charge on any atom is -0.872 e. The van der Waals surface area contributed by atoms with Crippen LogP contribution in [0.15, 0.2) is 97.3 Å². The number of hydrogen-bond acceptors (Lipinski definition) is 9. The van der Waals surface area contributed by atoms with Crippen LogP contribution in [0.25, 0.3) is 0 Å². The second-order valence-electron chi connectivity index (χ2n) is 8.50. The van der Waals surface area contributed by atoms with Gasteiger partial charge in [-0.3, -0.25) is 19.8 Å². The average Bonchev–Trinajstić information content (AvgIpc) is 2.90. The van der Waals surface area contributed by atoms with E-state index in [4.69, 9.17) is 15.3 Å². The summed E-state index contributed by atoms with van der Waals surface area (Å²) in [6.45, 7) is 3.74. The third-order valence-electron chi connectivity index (χ3n) is 5.69. The van der Waals surface area contributed by atoms with Gasteiger partial charge in [-0.05, 0) is 35.4 Å². The van der Waals surface area contributed by atoms with Crippen LogP contribution >= 0.6 is 0 Å². The fraction of sp³-hybridized carbons (Fsp3) is 0.214. The van der Waals surface area contributed by atoms with Crippen molar-refractivity contribution in [2.75, 3.05) is 13.1 Å². The predicted octanol–water partition coefficient (Wildman–Crippen LogP) is 3.09. The zero-order chi connectivity index (χ0) is 27.2. The van der Waals surface area contributed by atoms with Crippen LogP contribution in [-0.2, 0) is 26.2 Å². The molecule has 2 heterocycles. The molecule has 0 aliphatic rings. The number of aromatic nitrogens is 2. The molecule has 0 saturated heterocycles. The maximum absolute atomic E-state index is 12.4. The molecule has 0 aliphatic heterocycles. The van der Waals surface area contributed by atoms with Gasteiger partial charge < -0.3 is 25.5 Å². The summed E-state index contributed by atoms with van der Waals surface area (Å²) in [7, 11) is 0. The molecular formula is C28H28N5O5Tb. The van der Waals surface area contributed by atoms with Crippen LogP contribution in [0.1, 0.15) is 22.5 Å². The van der Waals surface area contributed by atoms with Gasteiger partial charge in [0, 0.05) is 51.7 Å². The summed E-state index contributed by atoms with van der Waals surface area (Å²) < 4.78 is 0. The monoisotopic (exact) mass is 673 g/mol. The molecule has 0 aliphatic carbocycles. The molecule has 2 aromatic heterocycles. The van der Waals surface area contributed by atoms with Crippen molar-refractivity contribution in [1.82, 2.24) is 19.8 Å². The molecule has 0 unspecified atom stereocenters. The number of para-hydroxylation sites is 2. The zero-order valence-electron chi connectivity index (χ0n) is 21.1. The molecule has 10 nitrogen and oxygen atoms in total. The molecule has 204 valence electrons. The standard InChI is InChI=1S/C28H30N4O2.NO3.Tb/c33-27-13-3-1-9-23(27)19-31(21-25-11-5-7-15-29-25)17-18-32(22-26-12-6-8-16-30-26)20-24-10-2-4-14-28(24)34;2-1(3)4;/h1-16,33-34H,17-22H2;;/q;-1;+3/p-2. The Labute approximate surface area is 258 Å². The minimum absolute atomic E-state index is 0. The maximum atomic E-state index is 12.4. The largest absolute Gasteiger partial charge is 3.00 e. The first kappa shape index (κ1) is 32.0. The van der Waals surface area contributed by atoms with Gasteiger partial charge in [-0.25, -0.2) is 0 Å². The van der Waals surface area contributed by atoms with Crippen LogP contribution in [0.5, 0.6) is 11.5 Å². The van der Waals surface area contributed by atoms with E-state index in [0.29, 0.717) is 39.3 Å². The second-order valence-corrected chi connectivity index (χ2v) is 8.50. The van der Waals surface area contributed by atoms with Crippen LogP contribution in [0.4, 0.5) is 0 Å². The van der Waals surface area contributed by atoms with Crippen molar-refractivity contribution in [1.29, 1.82) is 0 Å². The molecule has 0 fully saturated rings. The Morgan fingerprint density at radius 1 is 0.590 bits per heavy atom. The van der Waals surface area contributed by atoms with E-state index >= 15 is 0 Å². The predicted molar refractivity (Wildman–Crippen MR) is 139 cm³/mol. The molecule has 0 radical (unpaired) electrons. The Hall–Kier alpha value is -3.25. The number of pyridine rings is 2. The third kappa shape index (κ3) is 12.0. The van der Waals surface area contributed by atoms with Crippen molar-refractivity contribution in [3.8, 4) is 11.5 Å². The summed E-state index contributed by atoms with van der Waals surface area (Å²) in [4.78, 5) is 21.7. The Bertz CT molecular complexity index is 1170. The molecule has 0 saturated carbocycles. The topological polar surface area (TPSA) is 145 Å². The van der Waals surface area contributed by atoms with E-state index in [-0.39, 0.29) is 50.1 Å². The number of rotatable bonds is 11. The van der Waals surface area contributed by atoms with Gasteiger partial charge in [0.25, 0.3) is 0 Å². The van der Waals surface area contributed by atoms with Crippen molar-refractivity contribution in [3.05, 3.63) is 135 Å². The maximum Gasteiger partial charge on any atom is 3.00 e. The van der Waals surface area contributed by atoms with Gasteiger partial charge in [-0.2, -0.15) is 0 Å². The Kier molecular flexibility index (Phi) is 14.2. The first-order valence-electron chi connectivity index (χ1n) is 12.0.